The molecule has 1 aromatic heterocycles. The van der Waals surface area contributed by atoms with Crippen LogP contribution in [0.3, 0.4) is 0 Å². The lowest BCUT2D eigenvalue weighted by Gasteiger charge is -2.25. The topological polar surface area (TPSA) is 103 Å². The number of Topliss-reactive ketones (excluding diaryl/α,β-unsaturated/α-hetero) is 1. The quantitative estimate of drug-likeness (QED) is 0.169. The number of likely N-dealkylation sites (tertiary alicyclic amines) is 1. The lowest BCUT2D eigenvalue weighted by Crippen LogP contribution is -2.31. The van der Waals surface area contributed by atoms with E-state index in [9.17, 15) is 19.8 Å². The third-order valence-electron chi connectivity index (χ3n) is 6.53. The first-order valence-electron chi connectivity index (χ1n) is 11.9. The molecule has 0 spiro atoms. The number of aromatic amines is 1. The summed E-state index contributed by atoms with van der Waals surface area (Å²) in [4.78, 5) is 31.3. The van der Waals surface area contributed by atoms with E-state index in [2.05, 4.69) is 4.98 Å². The van der Waals surface area contributed by atoms with Gasteiger partial charge in [-0.05, 0) is 60.9 Å². The second-order valence-corrected chi connectivity index (χ2v) is 9.18. The fraction of sp³-hybridized carbons (Fsp3) is 0.172. The first kappa shape index (κ1) is 24.5. The van der Waals surface area contributed by atoms with Gasteiger partial charge < -0.3 is 24.8 Å². The van der Waals surface area contributed by atoms with Crippen molar-refractivity contribution in [3.8, 4) is 11.5 Å². The number of fused-ring (bicyclic) bond motifs is 1. The number of para-hydroxylation sites is 1. The zero-order valence-corrected chi connectivity index (χ0v) is 20.8. The Balaban J connectivity index is 1.58. The Bertz CT molecular complexity index is 1540. The van der Waals surface area contributed by atoms with Crippen LogP contribution in [0.1, 0.15) is 29.7 Å². The standard InChI is InChI=1S/C29H25ClN2O5/c1-2-37-24-15-18(10-11-22(24)30)27(34)25-26(17-6-5-7-20(33)14-17)32(29(36)28(25)35)13-12-19-16-31-23-9-4-3-8-21(19)23/h3-11,14-16,26,31,33-34H,2,12-13H2,1H3/b27-25+. The van der Waals surface area contributed by atoms with Crippen LogP contribution in [0.15, 0.2) is 78.5 Å². The number of carbonyl (C=O) groups excluding carboxylic acids is 2. The van der Waals surface area contributed by atoms with Gasteiger partial charge in [-0.25, -0.2) is 0 Å². The minimum Gasteiger partial charge on any atom is -0.508 e. The zero-order valence-electron chi connectivity index (χ0n) is 20.1. The van der Waals surface area contributed by atoms with E-state index >= 15 is 0 Å². The van der Waals surface area contributed by atoms with Crippen molar-refractivity contribution in [1.82, 2.24) is 9.88 Å². The molecule has 7 nitrogen and oxygen atoms in total. The summed E-state index contributed by atoms with van der Waals surface area (Å²) < 4.78 is 5.54. The predicted molar refractivity (Wildman–Crippen MR) is 142 cm³/mol. The number of carbonyl (C=O) groups is 2. The maximum Gasteiger partial charge on any atom is 0.295 e. The van der Waals surface area contributed by atoms with Gasteiger partial charge in [0.2, 0.25) is 0 Å². The number of nitrogens with zero attached hydrogens (tertiary/aromatic N) is 1. The number of halogens is 1. The number of amides is 1. The van der Waals surface area contributed by atoms with Gasteiger partial charge in [-0.3, -0.25) is 9.59 Å². The highest BCUT2D eigenvalue weighted by atomic mass is 35.5. The van der Waals surface area contributed by atoms with Crippen LogP contribution >= 0.6 is 11.6 Å². The Labute approximate surface area is 218 Å². The van der Waals surface area contributed by atoms with Gasteiger partial charge in [0.1, 0.15) is 17.3 Å². The molecule has 1 saturated heterocycles. The molecule has 3 N–H and O–H groups in total. The van der Waals surface area contributed by atoms with E-state index in [1.807, 2.05) is 37.4 Å². The molecule has 4 aromatic rings. The van der Waals surface area contributed by atoms with Crippen molar-refractivity contribution in [3.63, 3.8) is 0 Å². The average Bonchev–Trinajstić information content (AvgIpc) is 3.42. The summed E-state index contributed by atoms with van der Waals surface area (Å²) in [7, 11) is 0. The van der Waals surface area contributed by atoms with Crippen molar-refractivity contribution in [2.24, 2.45) is 0 Å². The number of hydrogen-bond acceptors (Lipinski definition) is 5. The molecule has 0 bridgehead atoms. The number of aliphatic hydroxyl groups excluding tert-OH is 1. The average molecular weight is 517 g/mol. The minimum absolute atomic E-state index is 0.00941. The summed E-state index contributed by atoms with van der Waals surface area (Å²) in [5.74, 6) is -1.49. The molecule has 37 heavy (non-hydrogen) atoms. The van der Waals surface area contributed by atoms with E-state index in [1.165, 1.54) is 17.0 Å². The number of aromatic nitrogens is 1. The van der Waals surface area contributed by atoms with Crippen molar-refractivity contribution < 1.29 is 24.5 Å². The fourth-order valence-electron chi connectivity index (χ4n) is 4.80. The highest BCUT2D eigenvalue weighted by Crippen LogP contribution is 2.41. The van der Waals surface area contributed by atoms with Gasteiger partial charge in [0.15, 0.2) is 0 Å². The number of phenolic OH excluding ortho intramolecular Hbond substituents is 1. The highest BCUT2D eigenvalue weighted by molar-refractivity contribution is 6.46. The molecular formula is C29H25ClN2O5. The van der Waals surface area contributed by atoms with Crippen LogP contribution in [0, 0.1) is 0 Å². The molecule has 1 atom stereocenters. The number of rotatable bonds is 7. The van der Waals surface area contributed by atoms with Gasteiger partial charge in [-0.2, -0.15) is 0 Å². The number of hydrogen-bond donors (Lipinski definition) is 3. The number of ether oxygens (including phenoxy) is 1. The van der Waals surface area contributed by atoms with Gasteiger partial charge in [-0.15, -0.1) is 0 Å². The molecule has 1 amide bonds. The Kier molecular flexibility index (Phi) is 6.63. The first-order chi connectivity index (χ1) is 17.9. The number of nitrogens with one attached hydrogen (secondary N) is 1. The van der Waals surface area contributed by atoms with E-state index in [1.54, 1.807) is 30.3 Å². The molecule has 8 heteroatoms. The summed E-state index contributed by atoms with van der Waals surface area (Å²) >= 11 is 6.21. The molecule has 1 fully saturated rings. The number of phenols is 1. The number of ketones is 1. The van der Waals surface area contributed by atoms with E-state index in [0.717, 1.165) is 16.5 Å². The first-order valence-corrected chi connectivity index (χ1v) is 12.3. The maximum absolute atomic E-state index is 13.3. The summed E-state index contributed by atoms with van der Waals surface area (Å²) in [5.41, 5.74) is 2.74. The van der Waals surface area contributed by atoms with E-state index in [4.69, 9.17) is 16.3 Å². The van der Waals surface area contributed by atoms with Gasteiger partial charge in [0.25, 0.3) is 11.7 Å². The van der Waals surface area contributed by atoms with Crippen molar-refractivity contribution in [2.45, 2.75) is 19.4 Å². The Morgan fingerprint density at radius 3 is 2.68 bits per heavy atom. The molecule has 1 unspecified atom stereocenters. The highest BCUT2D eigenvalue weighted by Gasteiger charge is 2.46. The molecule has 3 aromatic carbocycles. The third kappa shape index (κ3) is 4.54. The number of aromatic hydroxyl groups is 1. The molecule has 2 heterocycles. The monoisotopic (exact) mass is 516 g/mol. The summed E-state index contributed by atoms with van der Waals surface area (Å²) in [6.07, 6.45) is 2.38. The normalized spacial score (nSPS) is 17.0. The second-order valence-electron chi connectivity index (χ2n) is 8.78. The summed E-state index contributed by atoms with van der Waals surface area (Å²) in [6.45, 7) is 2.41. The van der Waals surface area contributed by atoms with E-state index in [0.29, 0.717) is 34.9 Å². The van der Waals surface area contributed by atoms with Gasteiger partial charge in [-0.1, -0.05) is 41.9 Å². The van der Waals surface area contributed by atoms with Crippen LogP contribution in [0.4, 0.5) is 0 Å². The van der Waals surface area contributed by atoms with E-state index in [-0.39, 0.29) is 23.6 Å². The molecule has 0 saturated carbocycles. The zero-order chi connectivity index (χ0) is 26.1. The lowest BCUT2D eigenvalue weighted by atomic mass is 9.95. The Morgan fingerprint density at radius 1 is 1.08 bits per heavy atom. The molecular weight excluding hydrogens is 492 g/mol. The fourth-order valence-corrected chi connectivity index (χ4v) is 4.98. The molecule has 0 radical (unpaired) electrons. The Hall–Kier alpha value is -4.23. The van der Waals surface area contributed by atoms with Crippen LogP contribution in [-0.4, -0.2) is 44.9 Å². The van der Waals surface area contributed by atoms with Crippen LogP contribution in [0.2, 0.25) is 5.02 Å². The van der Waals surface area contributed by atoms with Crippen LogP contribution in [0.25, 0.3) is 16.7 Å². The smallest absolute Gasteiger partial charge is 0.295 e. The summed E-state index contributed by atoms with van der Waals surface area (Å²) in [6, 6.07) is 18.0. The largest absolute Gasteiger partial charge is 0.508 e. The number of H-pyrrole nitrogens is 1. The van der Waals surface area contributed by atoms with Crippen molar-refractivity contribution >= 4 is 40.0 Å². The maximum atomic E-state index is 13.3. The van der Waals surface area contributed by atoms with Gasteiger partial charge >= 0.3 is 0 Å². The minimum atomic E-state index is -0.886. The predicted octanol–water partition coefficient (Wildman–Crippen LogP) is 5.59. The molecule has 1 aliphatic rings. The Morgan fingerprint density at radius 2 is 1.89 bits per heavy atom. The van der Waals surface area contributed by atoms with Crippen LogP contribution in [0.5, 0.6) is 11.5 Å². The van der Waals surface area contributed by atoms with Crippen molar-refractivity contribution in [1.29, 1.82) is 0 Å². The van der Waals surface area contributed by atoms with Crippen LogP contribution in [-0.2, 0) is 16.0 Å². The number of benzene rings is 3. The lowest BCUT2D eigenvalue weighted by molar-refractivity contribution is -0.139. The van der Waals surface area contributed by atoms with Gasteiger partial charge in [0, 0.05) is 29.2 Å². The second kappa shape index (κ2) is 10.0. The van der Waals surface area contributed by atoms with Crippen molar-refractivity contribution in [3.05, 3.63) is 100 Å². The molecule has 5 rings (SSSR count). The molecule has 1 aliphatic heterocycles. The molecule has 188 valence electrons. The molecule has 0 aliphatic carbocycles. The van der Waals surface area contributed by atoms with Crippen LogP contribution < -0.4 is 4.74 Å². The summed E-state index contributed by atoms with van der Waals surface area (Å²) in [5, 5.41) is 22.9. The third-order valence-corrected chi connectivity index (χ3v) is 6.84. The van der Waals surface area contributed by atoms with E-state index < -0.39 is 17.7 Å². The van der Waals surface area contributed by atoms with Gasteiger partial charge in [0.05, 0.1) is 23.2 Å². The SMILES string of the molecule is CCOc1cc(/C(O)=C2\C(=O)C(=O)N(CCc3c[nH]c4ccccc34)C2c2cccc(O)c2)ccc1Cl. The van der Waals surface area contributed by atoms with Crippen molar-refractivity contribution in [2.75, 3.05) is 13.2 Å². The number of aliphatic hydroxyl groups is 1.